The summed E-state index contributed by atoms with van der Waals surface area (Å²) >= 11 is 0. The molecule has 0 bridgehead atoms. The van der Waals surface area contributed by atoms with Crippen LogP contribution in [0.15, 0.2) is 24.3 Å². The molecule has 0 atom stereocenters. The van der Waals surface area contributed by atoms with Crippen molar-refractivity contribution in [3.05, 3.63) is 35.4 Å². The van der Waals surface area contributed by atoms with Crippen LogP contribution in [0.25, 0.3) is 0 Å². The number of nitrogens with one attached hydrogen (secondary N) is 1. The lowest BCUT2D eigenvalue weighted by Crippen LogP contribution is -2.25. The van der Waals surface area contributed by atoms with Gasteiger partial charge in [-0.1, -0.05) is 24.6 Å². The van der Waals surface area contributed by atoms with Crippen LogP contribution in [-0.4, -0.2) is 18.2 Å². The van der Waals surface area contributed by atoms with E-state index in [1.165, 1.54) is 0 Å². The first kappa shape index (κ1) is 12.4. The van der Waals surface area contributed by atoms with E-state index in [1.54, 1.807) is 6.07 Å². The third kappa shape index (κ3) is 3.85. The summed E-state index contributed by atoms with van der Waals surface area (Å²) in [5, 5.41) is 2.73. The second kappa shape index (κ2) is 6.05. The zero-order valence-electron chi connectivity index (χ0n) is 9.75. The average molecular weight is 219 g/mol. The Morgan fingerprint density at radius 2 is 2.06 bits per heavy atom. The maximum absolute atomic E-state index is 11.6. The minimum absolute atomic E-state index is 0.118. The predicted molar refractivity (Wildman–Crippen MR) is 63.4 cm³/mol. The van der Waals surface area contributed by atoms with E-state index in [0.29, 0.717) is 24.9 Å². The molecule has 0 unspecified atom stereocenters. The number of hydrogen-bond acceptors (Lipinski definition) is 2. The number of carbonyl (C=O) groups excluding carboxylic acids is 2. The summed E-state index contributed by atoms with van der Waals surface area (Å²) in [4.78, 5) is 22.7. The minimum atomic E-state index is -0.118. The van der Waals surface area contributed by atoms with E-state index in [9.17, 15) is 9.59 Å². The fraction of sp³-hybridized carbons (Fsp3) is 0.385. The highest BCUT2D eigenvalue weighted by molar-refractivity contribution is 5.94. The maximum Gasteiger partial charge on any atom is 0.251 e. The molecule has 0 aliphatic carbocycles. The topological polar surface area (TPSA) is 46.2 Å². The van der Waals surface area contributed by atoms with Crippen LogP contribution >= 0.6 is 0 Å². The van der Waals surface area contributed by atoms with Crippen molar-refractivity contribution in [2.75, 3.05) is 6.54 Å². The van der Waals surface area contributed by atoms with Gasteiger partial charge in [0.1, 0.15) is 5.78 Å². The molecule has 86 valence electrons. The Hall–Kier alpha value is -1.64. The standard InChI is InChI=1S/C13H17NO2/c1-3-12(15)7-8-14-13(16)11-6-4-5-10(2)9-11/h4-6,9H,3,7-8H2,1-2H3,(H,14,16). The second-order valence-electron chi connectivity index (χ2n) is 3.77. The number of carbonyl (C=O) groups is 2. The monoisotopic (exact) mass is 219 g/mol. The number of ketones is 1. The van der Waals surface area contributed by atoms with Crippen molar-refractivity contribution in [1.82, 2.24) is 5.32 Å². The van der Waals surface area contributed by atoms with Gasteiger partial charge in [-0.3, -0.25) is 9.59 Å². The third-order valence-electron chi connectivity index (χ3n) is 2.36. The smallest absolute Gasteiger partial charge is 0.251 e. The van der Waals surface area contributed by atoms with Crippen LogP contribution in [0.5, 0.6) is 0 Å². The summed E-state index contributed by atoms with van der Waals surface area (Å²) < 4.78 is 0. The molecule has 0 heterocycles. The van der Waals surface area contributed by atoms with E-state index in [4.69, 9.17) is 0 Å². The number of amides is 1. The number of aryl methyl sites for hydroxylation is 1. The van der Waals surface area contributed by atoms with Crippen LogP contribution in [-0.2, 0) is 4.79 Å². The van der Waals surface area contributed by atoms with Gasteiger partial charge in [0.05, 0.1) is 0 Å². The minimum Gasteiger partial charge on any atom is -0.352 e. The molecule has 1 aromatic rings. The van der Waals surface area contributed by atoms with Gasteiger partial charge < -0.3 is 5.32 Å². The average Bonchev–Trinajstić information content (AvgIpc) is 2.28. The summed E-state index contributed by atoms with van der Waals surface area (Å²) in [5.74, 6) is 0.0529. The van der Waals surface area contributed by atoms with Gasteiger partial charge in [0.2, 0.25) is 0 Å². The zero-order valence-corrected chi connectivity index (χ0v) is 9.75. The van der Waals surface area contributed by atoms with E-state index >= 15 is 0 Å². The van der Waals surface area contributed by atoms with Crippen molar-refractivity contribution in [2.45, 2.75) is 26.7 Å². The van der Waals surface area contributed by atoms with E-state index in [1.807, 2.05) is 32.0 Å². The normalized spacial score (nSPS) is 9.88. The molecule has 16 heavy (non-hydrogen) atoms. The van der Waals surface area contributed by atoms with Gasteiger partial charge in [-0.2, -0.15) is 0 Å². The molecule has 3 nitrogen and oxygen atoms in total. The summed E-state index contributed by atoms with van der Waals surface area (Å²) in [6.45, 7) is 4.18. The second-order valence-corrected chi connectivity index (χ2v) is 3.77. The SMILES string of the molecule is CCC(=O)CCNC(=O)c1cccc(C)c1. The Bertz CT molecular complexity index is 385. The number of rotatable bonds is 5. The first-order chi connectivity index (χ1) is 7.63. The van der Waals surface area contributed by atoms with Gasteiger partial charge in [-0.25, -0.2) is 0 Å². The molecule has 0 aliphatic rings. The van der Waals surface area contributed by atoms with E-state index in [-0.39, 0.29) is 11.7 Å². The van der Waals surface area contributed by atoms with E-state index in [2.05, 4.69) is 5.32 Å². The molecule has 0 saturated carbocycles. The fourth-order valence-electron chi connectivity index (χ4n) is 1.38. The van der Waals surface area contributed by atoms with Crippen LogP contribution in [0.3, 0.4) is 0 Å². The lowest BCUT2D eigenvalue weighted by Gasteiger charge is -2.04. The Labute approximate surface area is 95.9 Å². The molecule has 1 rings (SSSR count). The molecular weight excluding hydrogens is 202 g/mol. The van der Waals surface area contributed by atoms with Crippen molar-refractivity contribution >= 4 is 11.7 Å². The van der Waals surface area contributed by atoms with Gasteiger partial charge in [0.15, 0.2) is 0 Å². The van der Waals surface area contributed by atoms with Crippen molar-refractivity contribution in [2.24, 2.45) is 0 Å². The highest BCUT2D eigenvalue weighted by Crippen LogP contribution is 2.03. The Morgan fingerprint density at radius 1 is 1.31 bits per heavy atom. The zero-order chi connectivity index (χ0) is 12.0. The summed E-state index contributed by atoms with van der Waals surface area (Å²) in [6.07, 6.45) is 0.939. The molecular formula is C13H17NO2. The maximum atomic E-state index is 11.6. The lowest BCUT2D eigenvalue weighted by atomic mass is 10.1. The summed E-state index contributed by atoms with van der Waals surface area (Å²) in [6, 6.07) is 7.39. The molecule has 0 saturated heterocycles. The van der Waals surface area contributed by atoms with Crippen LogP contribution < -0.4 is 5.32 Å². The molecule has 0 aromatic heterocycles. The van der Waals surface area contributed by atoms with Crippen molar-refractivity contribution < 1.29 is 9.59 Å². The largest absolute Gasteiger partial charge is 0.352 e. The van der Waals surface area contributed by atoms with Gasteiger partial charge >= 0.3 is 0 Å². The molecule has 0 fully saturated rings. The van der Waals surface area contributed by atoms with Gasteiger partial charge in [0.25, 0.3) is 5.91 Å². The highest BCUT2D eigenvalue weighted by Gasteiger charge is 2.05. The molecule has 0 radical (unpaired) electrons. The number of hydrogen-bond donors (Lipinski definition) is 1. The predicted octanol–water partition coefficient (Wildman–Crippen LogP) is 2.09. The molecule has 1 aromatic carbocycles. The molecule has 3 heteroatoms. The molecule has 1 amide bonds. The first-order valence-electron chi connectivity index (χ1n) is 5.50. The number of Topliss-reactive ketones (excluding diaryl/α,β-unsaturated/α-hetero) is 1. The Kier molecular flexibility index (Phi) is 4.70. The van der Waals surface area contributed by atoms with Gasteiger partial charge in [-0.05, 0) is 19.1 Å². The van der Waals surface area contributed by atoms with Crippen molar-refractivity contribution in [3.8, 4) is 0 Å². The molecule has 1 N–H and O–H groups in total. The highest BCUT2D eigenvalue weighted by atomic mass is 16.1. The quantitative estimate of drug-likeness (QED) is 0.824. The van der Waals surface area contributed by atoms with E-state index < -0.39 is 0 Å². The van der Waals surface area contributed by atoms with Gasteiger partial charge in [0, 0.05) is 24.9 Å². The third-order valence-corrected chi connectivity index (χ3v) is 2.36. The van der Waals surface area contributed by atoms with Crippen LogP contribution in [0, 0.1) is 6.92 Å². The lowest BCUT2D eigenvalue weighted by molar-refractivity contribution is -0.118. The summed E-state index contributed by atoms with van der Waals surface area (Å²) in [7, 11) is 0. The number of benzene rings is 1. The van der Waals surface area contributed by atoms with Crippen LogP contribution in [0.2, 0.25) is 0 Å². The Morgan fingerprint density at radius 3 is 2.69 bits per heavy atom. The van der Waals surface area contributed by atoms with Crippen molar-refractivity contribution in [1.29, 1.82) is 0 Å². The van der Waals surface area contributed by atoms with Crippen molar-refractivity contribution in [3.63, 3.8) is 0 Å². The molecule has 0 aliphatic heterocycles. The van der Waals surface area contributed by atoms with E-state index in [0.717, 1.165) is 5.56 Å². The molecule has 0 spiro atoms. The van der Waals surface area contributed by atoms with Crippen LogP contribution in [0.4, 0.5) is 0 Å². The Balaban J connectivity index is 2.44. The van der Waals surface area contributed by atoms with Crippen LogP contribution in [0.1, 0.15) is 35.7 Å². The first-order valence-corrected chi connectivity index (χ1v) is 5.50. The fourth-order valence-corrected chi connectivity index (χ4v) is 1.38. The van der Waals surface area contributed by atoms with Gasteiger partial charge in [-0.15, -0.1) is 0 Å². The summed E-state index contributed by atoms with van der Waals surface area (Å²) in [5.41, 5.74) is 1.70.